The number of phenolic OH excluding ortho intramolecular Hbond substituents is 1. The van der Waals surface area contributed by atoms with Gasteiger partial charge in [-0.2, -0.15) is 0 Å². The number of ether oxygens (including phenoxy) is 2. The number of carbonyl (C=O) groups excluding carboxylic acids is 1. The summed E-state index contributed by atoms with van der Waals surface area (Å²) in [5.74, 6) is 1.31. The van der Waals surface area contributed by atoms with Gasteiger partial charge in [0.25, 0.3) is 0 Å². The van der Waals surface area contributed by atoms with Crippen molar-refractivity contribution in [1.29, 1.82) is 0 Å². The molecular formula is C27H33NO6. The summed E-state index contributed by atoms with van der Waals surface area (Å²) in [6.45, 7) is 12.5. The molecule has 1 heterocycles. The Kier molecular flexibility index (Phi) is 7.99. The number of hydrogen-bond acceptors (Lipinski definition) is 7. The van der Waals surface area contributed by atoms with Gasteiger partial charge >= 0.3 is 5.97 Å². The number of nitrogens with zero attached hydrogens (tertiary/aromatic N) is 1. The Balaban J connectivity index is 2.00. The molecule has 0 aliphatic carbocycles. The summed E-state index contributed by atoms with van der Waals surface area (Å²) in [6.07, 6.45) is 0. The second-order valence-corrected chi connectivity index (χ2v) is 9.36. The van der Waals surface area contributed by atoms with Gasteiger partial charge in [0.15, 0.2) is 0 Å². The van der Waals surface area contributed by atoms with E-state index in [0.29, 0.717) is 52.0 Å². The third-order valence-corrected chi connectivity index (χ3v) is 5.39. The Hall–Kier alpha value is -3.32. The van der Waals surface area contributed by atoms with E-state index in [1.165, 1.54) is 13.2 Å². The summed E-state index contributed by atoms with van der Waals surface area (Å²) in [5, 5.41) is 11.0. The molecule has 0 bridgehead atoms. The quantitative estimate of drug-likeness (QED) is 0.416. The van der Waals surface area contributed by atoms with E-state index in [4.69, 9.17) is 13.9 Å². The van der Waals surface area contributed by atoms with E-state index in [-0.39, 0.29) is 16.9 Å². The van der Waals surface area contributed by atoms with Crippen LogP contribution in [0, 0.1) is 18.8 Å². The summed E-state index contributed by atoms with van der Waals surface area (Å²) < 4.78 is 16.6. The number of aryl methyl sites for hydroxylation is 1. The molecular weight excluding hydrogens is 434 g/mol. The Morgan fingerprint density at radius 2 is 1.65 bits per heavy atom. The number of esters is 1. The van der Waals surface area contributed by atoms with E-state index < -0.39 is 5.97 Å². The van der Waals surface area contributed by atoms with Crippen LogP contribution in [-0.2, 0) is 11.3 Å². The normalized spacial score (nSPS) is 11.6. The summed E-state index contributed by atoms with van der Waals surface area (Å²) in [6, 6.07) is 9.39. The van der Waals surface area contributed by atoms with Gasteiger partial charge in [0, 0.05) is 19.6 Å². The molecule has 7 nitrogen and oxygen atoms in total. The minimum Gasteiger partial charge on any atom is -0.507 e. The molecule has 0 aliphatic rings. The third-order valence-electron chi connectivity index (χ3n) is 5.39. The average molecular weight is 468 g/mol. The molecule has 1 N–H and O–H groups in total. The Morgan fingerprint density at radius 1 is 1.03 bits per heavy atom. The molecule has 7 heteroatoms. The van der Waals surface area contributed by atoms with Crippen LogP contribution in [0.15, 0.2) is 45.6 Å². The van der Waals surface area contributed by atoms with Crippen LogP contribution in [0.1, 0.15) is 49.4 Å². The molecule has 0 amide bonds. The summed E-state index contributed by atoms with van der Waals surface area (Å²) >= 11 is 0. The van der Waals surface area contributed by atoms with Crippen LogP contribution in [0.4, 0.5) is 0 Å². The van der Waals surface area contributed by atoms with Gasteiger partial charge < -0.3 is 19.0 Å². The molecule has 0 spiro atoms. The first kappa shape index (κ1) is 25.3. The van der Waals surface area contributed by atoms with Crippen molar-refractivity contribution in [2.45, 2.75) is 41.2 Å². The monoisotopic (exact) mass is 467 g/mol. The van der Waals surface area contributed by atoms with Gasteiger partial charge in [-0.05, 0) is 55.2 Å². The Bertz CT molecular complexity index is 1200. The SMILES string of the molecule is COC(=O)c1ccc(Oc2c(C)oc3c(CN(CC(C)C)CC(C)C)c(O)ccc3c2=O)cc1. The maximum absolute atomic E-state index is 13.3. The zero-order chi connectivity index (χ0) is 25.0. The maximum atomic E-state index is 13.3. The van der Waals surface area contributed by atoms with Crippen LogP contribution in [0.25, 0.3) is 11.0 Å². The molecule has 0 radical (unpaired) electrons. The zero-order valence-electron chi connectivity index (χ0n) is 20.7. The van der Waals surface area contributed by atoms with Crippen molar-refractivity contribution in [3.8, 4) is 17.2 Å². The van der Waals surface area contributed by atoms with Crippen LogP contribution < -0.4 is 10.2 Å². The molecule has 0 saturated carbocycles. The van der Waals surface area contributed by atoms with Crippen molar-refractivity contribution in [1.82, 2.24) is 4.90 Å². The van der Waals surface area contributed by atoms with Crippen molar-refractivity contribution in [3.63, 3.8) is 0 Å². The molecule has 0 fully saturated rings. The minimum absolute atomic E-state index is 0.0659. The second-order valence-electron chi connectivity index (χ2n) is 9.36. The minimum atomic E-state index is -0.454. The molecule has 2 aromatic carbocycles. The zero-order valence-corrected chi connectivity index (χ0v) is 20.7. The lowest BCUT2D eigenvalue weighted by molar-refractivity contribution is 0.0600. The van der Waals surface area contributed by atoms with Crippen LogP contribution in [0.2, 0.25) is 0 Å². The summed E-state index contributed by atoms with van der Waals surface area (Å²) in [4.78, 5) is 27.2. The summed E-state index contributed by atoms with van der Waals surface area (Å²) in [7, 11) is 1.31. The Morgan fingerprint density at radius 3 is 2.21 bits per heavy atom. The largest absolute Gasteiger partial charge is 0.507 e. The van der Waals surface area contributed by atoms with E-state index >= 15 is 0 Å². The fourth-order valence-corrected chi connectivity index (χ4v) is 4.02. The number of aromatic hydroxyl groups is 1. The number of methoxy groups -OCH3 is 1. The predicted molar refractivity (Wildman–Crippen MR) is 132 cm³/mol. The van der Waals surface area contributed by atoms with Gasteiger partial charge in [-0.1, -0.05) is 27.7 Å². The van der Waals surface area contributed by atoms with Crippen molar-refractivity contribution in [2.75, 3.05) is 20.2 Å². The fourth-order valence-electron chi connectivity index (χ4n) is 4.02. The lowest BCUT2D eigenvalue weighted by atomic mass is 10.1. The number of benzene rings is 2. The lowest BCUT2D eigenvalue weighted by Gasteiger charge is -2.26. The van der Waals surface area contributed by atoms with E-state index in [1.54, 1.807) is 37.3 Å². The van der Waals surface area contributed by atoms with Gasteiger partial charge in [-0.3, -0.25) is 9.69 Å². The Labute approximate surface area is 199 Å². The summed E-state index contributed by atoms with van der Waals surface area (Å²) in [5.41, 5.74) is 1.02. The number of hydrogen-bond donors (Lipinski definition) is 1. The number of fused-ring (bicyclic) bond motifs is 1. The lowest BCUT2D eigenvalue weighted by Crippen LogP contribution is -2.31. The molecule has 0 aliphatic heterocycles. The van der Waals surface area contributed by atoms with Gasteiger partial charge in [0.2, 0.25) is 11.2 Å². The molecule has 0 saturated heterocycles. The average Bonchev–Trinajstić information content (AvgIpc) is 2.77. The molecule has 0 atom stereocenters. The molecule has 0 unspecified atom stereocenters. The van der Waals surface area contributed by atoms with Crippen LogP contribution in [0.3, 0.4) is 0 Å². The first-order chi connectivity index (χ1) is 16.1. The van der Waals surface area contributed by atoms with Gasteiger partial charge in [-0.25, -0.2) is 4.79 Å². The maximum Gasteiger partial charge on any atom is 0.337 e. The first-order valence-corrected chi connectivity index (χ1v) is 11.5. The highest BCUT2D eigenvalue weighted by molar-refractivity contribution is 5.89. The van der Waals surface area contributed by atoms with E-state index in [1.807, 2.05) is 0 Å². The molecule has 34 heavy (non-hydrogen) atoms. The van der Waals surface area contributed by atoms with E-state index in [2.05, 4.69) is 32.6 Å². The second kappa shape index (κ2) is 10.7. The first-order valence-electron chi connectivity index (χ1n) is 11.5. The third kappa shape index (κ3) is 5.78. The molecule has 182 valence electrons. The van der Waals surface area contributed by atoms with E-state index in [0.717, 1.165) is 13.1 Å². The topological polar surface area (TPSA) is 89.2 Å². The molecule has 3 rings (SSSR count). The van der Waals surface area contributed by atoms with Gasteiger partial charge in [0.1, 0.15) is 22.8 Å². The highest BCUT2D eigenvalue weighted by Crippen LogP contribution is 2.32. The number of phenols is 1. The highest BCUT2D eigenvalue weighted by atomic mass is 16.5. The van der Waals surface area contributed by atoms with Crippen LogP contribution >= 0.6 is 0 Å². The number of rotatable bonds is 9. The fraction of sp³-hybridized carbons (Fsp3) is 0.407. The van der Waals surface area contributed by atoms with Crippen molar-refractivity contribution in [3.05, 3.63) is 63.5 Å². The molecule has 1 aromatic heterocycles. The van der Waals surface area contributed by atoms with Crippen molar-refractivity contribution >= 4 is 16.9 Å². The highest BCUT2D eigenvalue weighted by Gasteiger charge is 2.21. The van der Waals surface area contributed by atoms with Gasteiger partial charge in [-0.15, -0.1) is 0 Å². The van der Waals surface area contributed by atoms with Gasteiger partial charge in [0.05, 0.1) is 23.6 Å². The number of carbonyl (C=O) groups is 1. The van der Waals surface area contributed by atoms with Crippen molar-refractivity contribution in [2.24, 2.45) is 11.8 Å². The standard InChI is InChI=1S/C27H33NO6/c1-16(2)13-28(14-17(3)4)15-22-23(29)12-11-21-24(30)25(18(5)33-26(21)22)34-20-9-7-19(8-10-20)27(31)32-6/h7-12,16-17,29H,13-15H2,1-6H3. The van der Waals surface area contributed by atoms with Crippen molar-refractivity contribution < 1.29 is 23.8 Å². The van der Waals surface area contributed by atoms with Crippen LogP contribution in [0.5, 0.6) is 17.2 Å². The van der Waals surface area contributed by atoms with Crippen LogP contribution in [-0.4, -0.2) is 36.2 Å². The smallest absolute Gasteiger partial charge is 0.337 e. The van der Waals surface area contributed by atoms with E-state index in [9.17, 15) is 14.7 Å². The predicted octanol–water partition coefficient (Wildman–Crippen LogP) is 5.50. The molecule has 3 aromatic rings.